The third-order valence-corrected chi connectivity index (χ3v) is 3.12. The minimum absolute atomic E-state index is 0.451. The fourth-order valence-corrected chi connectivity index (χ4v) is 2.34. The van der Waals surface area contributed by atoms with E-state index in [1.807, 2.05) is 18.2 Å². The molecular formula is C11H8BrN5. The van der Waals surface area contributed by atoms with Crippen LogP contribution in [0.15, 0.2) is 41.4 Å². The molecule has 0 aromatic carbocycles. The molecule has 0 saturated heterocycles. The van der Waals surface area contributed by atoms with Gasteiger partial charge in [-0.15, -0.1) is 0 Å². The number of anilines is 1. The summed E-state index contributed by atoms with van der Waals surface area (Å²) >= 11 is 3.47. The monoisotopic (exact) mass is 289 g/mol. The van der Waals surface area contributed by atoms with E-state index in [4.69, 9.17) is 5.73 Å². The van der Waals surface area contributed by atoms with E-state index in [2.05, 4.69) is 31.0 Å². The first-order valence-corrected chi connectivity index (χ1v) is 5.75. The van der Waals surface area contributed by atoms with Crippen molar-refractivity contribution in [3.8, 4) is 11.3 Å². The second-order valence-electron chi connectivity index (χ2n) is 3.52. The smallest absolute Gasteiger partial charge is 0.152 e. The van der Waals surface area contributed by atoms with Crippen LogP contribution in [0.1, 0.15) is 0 Å². The molecule has 3 aromatic heterocycles. The van der Waals surface area contributed by atoms with Gasteiger partial charge in [-0.2, -0.15) is 5.10 Å². The first kappa shape index (κ1) is 10.2. The van der Waals surface area contributed by atoms with Gasteiger partial charge in [0.05, 0.1) is 5.69 Å². The maximum Gasteiger partial charge on any atom is 0.152 e. The molecule has 0 aliphatic rings. The predicted molar refractivity (Wildman–Crippen MR) is 68.3 cm³/mol. The van der Waals surface area contributed by atoms with Crippen molar-refractivity contribution in [2.45, 2.75) is 0 Å². The fraction of sp³-hybridized carbons (Fsp3) is 0. The summed E-state index contributed by atoms with van der Waals surface area (Å²) in [7, 11) is 0. The van der Waals surface area contributed by atoms with E-state index in [9.17, 15) is 0 Å². The highest BCUT2D eigenvalue weighted by atomic mass is 79.9. The van der Waals surface area contributed by atoms with E-state index in [-0.39, 0.29) is 0 Å². The molecule has 0 bridgehead atoms. The Labute approximate surface area is 105 Å². The zero-order valence-electron chi connectivity index (χ0n) is 8.71. The number of nitrogens with zero attached hydrogens (tertiary/aromatic N) is 4. The molecule has 0 amide bonds. The van der Waals surface area contributed by atoms with Crippen LogP contribution in [0.3, 0.4) is 0 Å². The van der Waals surface area contributed by atoms with Gasteiger partial charge in [0.25, 0.3) is 0 Å². The molecule has 6 heteroatoms. The van der Waals surface area contributed by atoms with Crippen molar-refractivity contribution in [3.63, 3.8) is 0 Å². The SMILES string of the molecule is Nc1ncnn2c(-c3ccncc3)cc(Br)c12. The molecule has 0 unspecified atom stereocenters. The number of nitrogen functional groups attached to an aromatic ring is 1. The maximum absolute atomic E-state index is 5.83. The summed E-state index contributed by atoms with van der Waals surface area (Å²) in [6.45, 7) is 0. The van der Waals surface area contributed by atoms with Crippen LogP contribution in [0, 0.1) is 0 Å². The summed E-state index contributed by atoms with van der Waals surface area (Å²) in [4.78, 5) is 7.98. The summed E-state index contributed by atoms with van der Waals surface area (Å²) in [5.41, 5.74) is 8.59. The molecule has 5 nitrogen and oxygen atoms in total. The lowest BCUT2D eigenvalue weighted by atomic mass is 10.2. The van der Waals surface area contributed by atoms with Crippen molar-refractivity contribution < 1.29 is 0 Å². The van der Waals surface area contributed by atoms with Gasteiger partial charge < -0.3 is 5.73 Å². The van der Waals surface area contributed by atoms with Gasteiger partial charge in [-0.1, -0.05) is 0 Å². The molecule has 0 spiro atoms. The summed E-state index contributed by atoms with van der Waals surface area (Å²) in [5.74, 6) is 0.451. The molecule has 0 atom stereocenters. The minimum atomic E-state index is 0.451. The Morgan fingerprint density at radius 3 is 2.76 bits per heavy atom. The van der Waals surface area contributed by atoms with E-state index in [1.54, 1.807) is 16.9 Å². The van der Waals surface area contributed by atoms with Crippen molar-refractivity contribution in [2.24, 2.45) is 0 Å². The van der Waals surface area contributed by atoms with Crippen molar-refractivity contribution >= 4 is 27.3 Å². The molecule has 3 rings (SSSR count). The fourth-order valence-electron chi connectivity index (χ4n) is 1.75. The van der Waals surface area contributed by atoms with Crippen LogP contribution in [-0.2, 0) is 0 Å². The highest BCUT2D eigenvalue weighted by Crippen LogP contribution is 2.30. The molecule has 3 aromatic rings. The van der Waals surface area contributed by atoms with Crippen LogP contribution < -0.4 is 5.73 Å². The number of pyridine rings is 1. The highest BCUT2D eigenvalue weighted by Gasteiger charge is 2.12. The lowest BCUT2D eigenvalue weighted by Crippen LogP contribution is -2.00. The second-order valence-corrected chi connectivity index (χ2v) is 4.37. The molecule has 3 heterocycles. The topological polar surface area (TPSA) is 69.1 Å². The van der Waals surface area contributed by atoms with Gasteiger partial charge in [-0.05, 0) is 34.1 Å². The lowest BCUT2D eigenvalue weighted by Gasteiger charge is -2.01. The zero-order valence-corrected chi connectivity index (χ0v) is 10.3. The highest BCUT2D eigenvalue weighted by molar-refractivity contribution is 9.10. The van der Waals surface area contributed by atoms with E-state index >= 15 is 0 Å². The van der Waals surface area contributed by atoms with Gasteiger partial charge in [0.2, 0.25) is 0 Å². The molecule has 0 fully saturated rings. The van der Waals surface area contributed by atoms with Crippen molar-refractivity contribution in [1.82, 2.24) is 19.6 Å². The van der Waals surface area contributed by atoms with Gasteiger partial charge in [0.1, 0.15) is 11.8 Å². The summed E-state index contributed by atoms with van der Waals surface area (Å²) in [6, 6.07) is 5.81. The summed E-state index contributed by atoms with van der Waals surface area (Å²) in [5, 5.41) is 4.21. The maximum atomic E-state index is 5.83. The van der Waals surface area contributed by atoms with Gasteiger partial charge in [0.15, 0.2) is 5.82 Å². The minimum Gasteiger partial charge on any atom is -0.382 e. The van der Waals surface area contributed by atoms with Crippen LogP contribution in [0.4, 0.5) is 5.82 Å². The number of hydrogen-bond acceptors (Lipinski definition) is 4. The van der Waals surface area contributed by atoms with E-state index in [0.717, 1.165) is 21.2 Å². The number of rotatable bonds is 1. The first-order valence-electron chi connectivity index (χ1n) is 4.95. The van der Waals surface area contributed by atoms with E-state index < -0.39 is 0 Å². The number of halogens is 1. The Kier molecular flexibility index (Phi) is 2.29. The lowest BCUT2D eigenvalue weighted by molar-refractivity contribution is 0.913. The van der Waals surface area contributed by atoms with Crippen LogP contribution in [0.5, 0.6) is 0 Å². The predicted octanol–water partition coefficient (Wildman–Crippen LogP) is 2.14. The number of nitrogens with two attached hydrogens (primary N) is 1. The Morgan fingerprint density at radius 2 is 2.00 bits per heavy atom. The molecule has 0 aliphatic heterocycles. The Bertz CT molecular complexity index is 677. The Hall–Kier alpha value is -1.95. The van der Waals surface area contributed by atoms with Crippen LogP contribution in [0.25, 0.3) is 16.8 Å². The number of aromatic nitrogens is 4. The number of hydrogen-bond donors (Lipinski definition) is 1. The largest absolute Gasteiger partial charge is 0.382 e. The van der Waals surface area contributed by atoms with Crippen molar-refractivity contribution in [1.29, 1.82) is 0 Å². The molecule has 84 valence electrons. The van der Waals surface area contributed by atoms with E-state index in [0.29, 0.717) is 5.82 Å². The number of fused-ring (bicyclic) bond motifs is 1. The third-order valence-electron chi connectivity index (χ3n) is 2.51. The molecule has 17 heavy (non-hydrogen) atoms. The van der Waals surface area contributed by atoms with Gasteiger partial charge in [0, 0.05) is 22.4 Å². The first-order chi connectivity index (χ1) is 8.27. The van der Waals surface area contributed by atoms with Gasteiger partial charge in [-0.3, -0.25) is 4.98 Å². The van der Waals surface area contributed by atoms with Crippen molar-refractivity contribution in [3.05, 3.63) is 41.4 Å². The summed E-state index contributed by atoms with van der Waals surface area (Å²) < 4.78 is 2.64. The average molecular weight is 290 g/mol. The summed E-state index contributed by atoms with van der Waals surface area (Å²) in [6.07, 6.45) is 4.93. The molecule has 0 saturated carbocycles. The third kappa shape index (κ3) is 1.57. The Balaban J connectivity index is 2.36. The van der Waals surface area contributed by atoms with Crippen LogP contribution in [-0.4, -0.2) is 19.6 Å². The zero-order chi connectivity index (χ0) is 11.8. The van der Waals surface area contributed by atoms with Gasteiger partial charge in [-0.25, -0.2) is 9.50 Å². The Morgan fingerprint density at radius 1 is 1.24 bits per heavy atom. The van der Waals surface area contributed by atoms with Gasteiger partial charge >= 0.3 is 0 Å². The standard InChI is InChI=1S/C11H8BrN5/c12-8-5-9(7-1-3-14-4-2-7)17-10(8)11(13)15-6-16-17/h1-6H,(H2,13,15,16). The quantitative estimate of drug-likeness (QED) is 0.745. The van der Waals surface area contributed by atoms with E-state index in [1.165, 1.54) is 6.33 Å². The van der Waals surface area contributed by atoms with Crippen LogP contribution in [0.2, 0.25) is 0 Å². The molecule has 0 radical (unpaired) electrons. The molecular weight excluding hydrogens is 282 g/mol. The second kappa shape index (κ2) is 3.81. The normalized spacial score (nSPS) is 10.9. The van der Waals surface area contributed by atoms with Crippen molar-refractivity contribution in [2.75, 3.05) is 5.73 Å². The average Bonchev–Trinajstić information content (AvgIpc) is 2.69. The van der Waals surface area contributed by atoms with Crippen LogP contribution >= 0.6 is 15.9 Å². The molecule has 2 N–H and O–H groups in total. The molecule has 0 aliphatic carbocycles.